The zero-order valence-electron chi connectivity index (χ0n) is 19.4. The maximum absolute atomic E-state index is 13.3. The molecule has 0 aliphatic heterocycles. The van der Waals surface area contributed by atoms with Crippen molar-refractivity contribution in [3.63, 3.8) is 0 Å². The van der Waals surface area contributed by atoms with Gasteiger partial charge in [-0.3, -0.25) is 4.72 Å². The lowest BCUT2D eigenvalue weighted by molar-refractivity contribution is -0.141. The van der Waals surface area contributed by atoms with Crippen LogP contribution in [0.1, 0.15) is 11.3 Å². The molecule has 11 heteroatoms. The second-order valence-electron chi connectivity index (χ2n) is 8.16. The standard InChI is InChI=1S/C25H23F3N4O3S/c1-32(2)21-10-4-9-20-19(21)8-5-11-22(20)36(33,34)31-17-6-3-7-18(14-17)35-24-13-16(15-29)12-23(30-24)25(26,27)28/h3-14,31H,15,29H2,1-2H3. The number of sulfonamides is 1. The van der Waals surface area contributed by atoms with Gasteiger partial charge in [0.2, 0.25) is 5.88 Å². The van der Waals surface area contributed by atoms with Gasteiger partial charge in [0.05, 0.1) is 10.6 Å². The van der Waals surface area contributed by atoms with E-state index >= 15 is 0 Å². The van der Waals surface area contributed by atoms with Crippen molar-refractivity contribution in [1.82, 2.24) is 4.98 Å². The summed E-state index contributed by atoms with van der Waals surface area (Å²) in [6.45, 7) is -0.137. The summed E-state index contributed by atoms with van der Waals surface area (Å²) in [4.78, 5) is 5.49. The molecule has 0 aliphatic rings. The fraction of sp³-hybridized carbons (Fsp3) is 0.160. The maximum atomic E-state index is 13.3. The SMILES string of the molecule is CN(C)c1cccc2c(S(=O)(=O)Nc3cccc(Oc4cc(CN)cc(C(F)(F)F)n4)c3)cccc12. The maximum Gasteiger partial charge on any atom is 0.433 e. The number of alkyl halides is 3. The number of hydrogen-bond acceptors (Lipinski definition) is 6. The number of anilines is 2. The number of ether oxygens (including phenoxy) is 1. The van der Waals surface area contributed by atoms with Crippen LogP contribution in [0.3, 0.4) is 0 Å². The van der Waals surface area contributed by atoms with Crippen molar-refractivity contribution in [2.45, 2.75) is 17.6 Å². The second-order valence-corrected chi connectivity index (χ2v) is 9.81. The summed E-state index contributed by atoms with van der Waals surface area (Å²) in [6, 6.07) is 18.4. The monoisotopic (exact) mass is 516 g/mol. The van der Waals surface area contributed by atoms with E-state index < -0.39 is 21.9 Å². The van der Waals surface area contributed by atoms with Crippen molar-refractivity contribution in [2.75, 3.05) is 23.7 Å². The predicted molar refractivity (Wildman–Crippen MR) is 133 cm³/mol. The average molecular weight is 517 g/mol. The number of benzene rings is 3. The van der Waals surface area contributed by atoms with Gasteiger partial charge < -0.3 is 15.4 Å². The molecule has 0 unspecified atom stereocenters. The highest BCUT2D eigenvalue weighted by Gasteiger charge is 2.33. The molecule has 0 radical (unpaired) electrons. The van der Waals surface area contributed by atoms with Crippen LogP contribution < -0.4 is 20.1 Å². The Balaban J connectivity index is 1.65. The predicted octanol–water partition coefficient (Wildman–Crippen LogP) is 5.37. The summed E-state index contributed by atoms with van der Waals surface area (Å²) in [7, 11) is -0.273. The average Bonchev–Trinajstić information content (AvgIpc) is 2.82. The summed E-state index contributed by atoms with van der Waals surface area (Å²) in [5.41, 5.74) is 5.60. The van der Waals surface area contributed by atoms with Gasteiger partial charge >= 0.3 is 6.18 Å². The third-order valence-corrected chi connectivity index (χ3v) is 6.77. The van der Waals surface area contributed by atoms with E-state index in [-0.39, 0.29) is 34.3 Å². The van der Waals surface area contributed by atoms with E-state index in [1.54, 1.807) is 18.2 Å². The highest BCUT2D eigenvalue weighted by Crippen LogP contribution is 2.33. The summed E-state index contributed by atoms with van der Waals surface area (Å²) >= 11 is 0. The normalized spacial score (nSPS) is 11.9. The third kappa shape index (κ3) is 5.37. The van der Waals surface area contributed by atoms with Gasteiger partial charge in [0.15, 0.2) is 0 Å². The summed E-state index contributed by atoms with van der Waals surface area (Å²) in [6.07, 6.45) is -4.67. The number of fused-ring (bicyclic) bond motifs is 1. The molecule has 188 valence electrons. The molecule has 4 aromatic rings. The van der Waals surface area contributed by atoms with E-state index in [4.69, 9.17) is 10.5 Å². The van der Waals surface area contributed by atoms with Crippen LogP contribution in [0.15, 0.2) is 77.7 Å². The third-order valence-electron chi connectivity index (χ3n) is 5.33. The Morgan fingerprint density at radius 2 is 1.67 bits per heavy atom. The van der Waals surface area contributed by atoms with E-state index in [1.807, 2.05) is 31.1 Å². The molecule has 0 bridgehead atoms. The highest BCUT2D eigenvalue weighted by atomic mass is 32.2. The van der Waals surface area contributed by atoms with Crippen LogP contribution >= 0.6 is 0 Å². The van der Waals surface area contributed by atoms with E-state index in [9.17, 15) is 21.6 Å². The number of nitrogens with one attached hydrogen (secondary N) is 1. The van der Waals surface area contributed by atoms with Crippen LogP contribution in [-0.4, -0.2) is 27.5 Å². The largest absolute Gasteiger partial charge is 0.439 e. The zero-order valence-corrected chi connectivity index (χ0v) is 20.2. The van der Waals surface area contributed by atoms with Crippen molar-refractivity contribution in [3.8, 4) is 11.6 Å². The topological polar surface area (TPSA) is 97.5 Å². The van der Waals surface area contributed by atoms with Gasteiger partial charge in [-0.15, -0.1) is 0 Å². The summed E-state index contributed by atoms with van der Waals surface area (Å²) in [5.74, 6) is -0.214. The van der Waals surface area contributed by atoms with Crippen LogP contribution in [-0.2, 0) is 22.7 Å². The van der Waals surface area contributed by atoms with E-state index in [0.29, 0.717) is 5.39 Å². The lowest BCUT2D eigenvalue weighted by Gasteiger charge is -2.17. The highest BCUT2D eigenvalue weighted by molar-refractivity contribution is 7.93. The molecule has 3 aromatic carbocycles. The molecule has 1 heterocycles. The molecule has 0 amide bonds. The lowest BCUT2D eigenvalue weighted by atomic mass is 10.1. The first-order valence-electron chi connectivity index (χ1n) is 10.8. The molecule has 1 aromatic heterocycles. The van der Waals surface area contributed by atoms with E-state index in [0.717, 1.165) is 17.1 Å². The fourth-order valence-corrected chi connectivity index (χ4v) is 4.99. The minimum atomic E-state index is -4.67. The van der Waals surface area contributed by atoms with Gasteiger partial charge in [0, 0.05) is 49.2 Å². The number of hydrogen-bond donors (Lipinski definition) is 2. The van der Waals surface area contributed by atoms with Crippen molar-refractivity contribution in [1.29, 1.82) is 0 Å². The number of nitrogens with zero attached hydrogens (tertiary/aromatic N) is 2. The van der Waals surface area contributed by atoms with E-state index in [2.05, 4.69) is 9.71 Å². The van der Waals surface area contributed by atoms with Crippen LogP contribution in [0.25, 0.3) is 10.8 Å². The van der Waals surface area contributed by atoms with Gasteiger partial charge in [-0.1, -0.05) is 30.3 Å². The summed E-state index contributed by atoms with van der Waals surface area (Å²) < 4.78 is 74.1. The summed E-state index contributed by atoms with van der Waals surface area (Å²) in [5, 5.41) is 1.32. The van der Waals surface area contributed by atoms with Crippen LogP contribution in [0, 0.1) is 0 Å². The number of halogens is 3. The quantitative estimate of drug-likeness (QED) is 0.343. The van der Waals surface area contributed by atoms with Crippen molar-refractivity contribution in [2.24, 2.45) is 5.73 Å². The lowest BCUT2D eigenvalue weighted by Crippen LogP contribution is -2.14. The Labute approximate surface area is 206 Å². The minimum Gasteiger partial charge on any atom is -0.439 e. The molecule has 3 N–H and O–H groups in total. The van der Waals surface area contributed by atoms with Crippen molar-refractivity contribution >= 4 is 32.2 Å². The fourth-order valence-electron chi connectivity index (χ4n) is 3.72. The molecule has 0 saturated carbocycles. The van der Waals surface area contributed by atoms with Crippen molar-refractivity contribution < 1.29 is 26.3 Å². The van der Waals surface area contributed by atoms with E-state index in [1.165, 1.54) is 36.4 Å². The molecule has 0 aliphatic carbocycles. The van der Waals surface area contributed by atoms with Crippen LogP contribution in [0.4, 0.5) is 24.5 Å². The van der Waals surface area contributed by atoms with Crippen LogP contribution in [0.5, 0.6) is 11.6 Å². The molecule has 4 rings (SSSR count). The second kappa shape index (κ2) is 9.67. The first-order chi connectivity index (χ1) is 17.0. The molecule has 0 fully saturated rings. The Bertz CT molecular complexity index is 1520. The van der Waals surface area contributed by atoms with Gasteiger partial charge in [0.25, 0.3) is 10.0 Å². The first-order valence-corrected chi connectivity index (χ1v) is 12.2. The molecule has 7 nitrogen and oxygen atoms in total. The van der Waals surface area contributed by atoms with Gasteiger partial charge in [-0.25, -0.2) is 13.4 Å². The van der Waals surface area contributed by atoms with Gasteiger partial charge in [-0.05, 0) is 35.9 Å². The molecular formula is C25H23F3N4O3S. The number of rotatable bonds is 7. The number of nitrogens with two attached hydrogens (primary N) is 1. The minimum absolute atomic E-state index is 0.0853. The first kappa shape index (κ1) is 25.3. The molecular weight excluding hydrogens is 493 g/mol. The smallest absolute Gasteiger partial charge is 0.433 e. The molecule has 0 atom stereocenters. The Morgan fingerprint density at radius 1 is 0.972 bits per heavy atom. The molecule has 0 saturated heterocycles. The Hall–Kier alpha value is -3.83. The van der Waals surface area contributed by atoms with Crippen LogP contribution in [0.2, 0.25) is 0 Å². The van der Waals surface area contributed by atoms with Gasteiger partial charge in [0.1, 0.15) is 11.4 Å². The zero-order chi connectivity index (χ0) is 26.1. The number of aromatic nitrogens is 1. The van der Waals surface area contributed by atoms with Crippen molar-refractivity contribution in [3.05, 3.63) is 84.1 Å². The molecule has 0 spiro atoms. The Kier molecular flexibility index (Phi) is 6.79. The van der Waals surface area contributed by atoms with Gasteiger partial charge in [-0.2, -0.15) is 13.2 Å². The number of pyridine rings is 1. The Morgan fingerprint density at radius 3 is 2.36 bits per heavy atom. The molecule has 36 heavy (non-hydrogen) atoms.